The molecule has 1 aromatic carbocycles. The number of pyridine rings is 1. The number of fused-ring (bicyclic) bond motifs is 1. The number of nitrogens with zero attached hydrogens (tertiary/aromatic N) is 2. The lowest BCUT2D eigenvalue weighted by Crippen LogP contribution is -2.55. The molecule has 1 fully saturated rings. The Hall–Kier alpha value is -3.75. The van der Waals surface area contributed by atoms with Crippen LogP contribution in [0.15, 0.2) is 43.1 Å². The number of rotatable bonds is 10. The number of amides is 2. The molecule has 3 N–H and O–H groups in total. The van der Waals surface area contributed by atoms with Gasteiger partial charge in [0.25, 0.3) is 0 Å². The fraction of sp³-hybridized carbons (Fsp3) is 0.400. The van der Waals surface area contributed by atoms with Crippen LogP contribution in [0.5, 0.6) is 0 Å². The molecule has 2 amide bonds. The van der Waals surface area contributed by atoms with E-state index in [1.165, 1.54) is 4.90 Å². The minimum atomic E-state index is -1.19. The Morgan fingerprint density at radius 3 is 2.65 bits per heavy atom. The lowest BCUT2D eigenvalue weighted by atomic mass is 10.0. The highest BCUT2D eigenvalue weighted by Gasteiger charge is 2.39. The van der Waals surface area contributed by atoms with Gasteiger partial charge >= 0.3 is 5.97 Å². The first kappa shape index (κ1) is 24.9. The van der Waals surface area contributed by atoms with Crippen LogP contribution in [0, 0.1) is 5.92 Å². The molecule has 180 valence electrons. The van der Waals surface area contributed by atoms with E-state index < -0.39 is 36.4 Å². The SMILES string of the molecule is C=C(N[C@H](C(=O)N1CCC[C@H]1C(=O)N[C@H](C=O)CC(=O)O)C(C)C)c1nccc2ccccc12. The second-order valence-electron chi connectivity index (χ2n) is 8.76. The van der Waals surface area contributed by atoms with Gasteiger partial charge in [0.2, 0.25) is 11.8 Å². The fourth-order valence-corrected chi connectivity index (χ4v) is 4.21. The van der Waals surface area contributed by atoms with Gasteiger partial charge in [-0.1, -0.05) is 44.7 Å². The Morgan fingerprint density at radius 1 is 1.24 bits per heavy atom. The van der Waals surface area contributed by atoms with Crippen LogP contribution in [-0.4, -0.2) is 63.7 Å². The molecular weight excluding hydrogens is 436 g/mol. The van der Waals surface area contributed by atoms with Crippen LogP contribution in [0.3, 0.4) is 0 Å². The molecule has 1 aliphatic rings. The molecule has 1 aromatic heterocycles. The van der Waals surface area contributed by atoms with Gasteiger partial charge in [-0.15, -0.1) is 0 Å². The zero-order valence-electron chi connectivity index (χ0n) is 19.4. The molecule has 0 bridgehead atoms. The Kier molecular flexibility index (Phi) is 7.99. The normalized spacial score (nSPS) is 17.3. The van der Waals surface area contributed by atoms with Crippen molar-refractivity contribution in [2.75, 3.05) is 6.54 Å². The monoisotopic (exact) mass is 466 g/mol. The summed E-state index contributed by atoms with van der Waals surface area (Å²) in [6, 6.07) is 7.11. The van der Waals surface area contributed by atoms with Crippen molar-refractivity contribution in [1.82, 2.24) is 20.5 Å². The molecule has 2 aromatic rings. The Morgan fingerprint density at radius 2 is 1.97 bits per heavy atom. The third-order valence-electron chi connectivity index (χ3n) is 5.95. The highest BCUT2D eigenvalue weighted by molar-refractivity contribution is 5.94. The summed E-state index contributed by atoms with van der Waals surface area (Å²) in [4.78, 5) is 54.3. The number of aldehydes is 1. The van der Waals surface area contributed by atoms with Gasteiger partial charge in [-0.2, -0.15) is 0 Å². The van der Waals surface area contributed by atoms with E-state index in [0.29, 0.717) is 37.1 Å². The molecule has 0 saturated carbocycles. The molecule has 34 heavy (non-hydrogen) atoms. The lowest BCUT2D eigenvalue weighted by Gasteiger charge is -2.31. The van der Waals surface area contributed by atoms with E-state index in [1.54, 1.807) is 6.20 Å². The molecule has 0 radical (unpaired) electrons. The molecule has 1 aliphatic heterocycles. The van der Waals surface area contributed by atoms with Crippen LogP contribution >= 0.6 is 0 Å². The summed E-state index contributed by atoms with van der Waals surface area (Å²) in [7, 11) is 0. The van der Waals surface area contributed by atoms with E-state index in [0.717, 1.165) is 10.8 Å². The molecule has 0 aliphatic carbocycles. The number of likely N-dealkylation sites (tertiary alicyclic amines) is 1. The number of hydrogen-bond acceptors (Lipinski definition) is 6. The molecule has 0 unspecified atom stereocenters. The van der Waals surface area contributed by atoms with Crippen molar-refractivity contribution in [2.45, 2.75) is 51.2 Å². The first-order chi connectivity index (χ1) is 16.2. The van der Waals surface area contributed by atoms with Crippen molar-refractivity contribution in [3.63, 3.8) is 0 Å². The lowest BCUT2D eigenvalue weighted by molar-refractivity contribution is -0.142. The molecule has 1 saturated heterocycles. The Balaban J connectivity index is 1.76. The van der Waals surface area contributed by atoms with Crippen molar-refractivity contribution >= 4 is 40.5 Å². The third kappa shape index (κ3) is 5.59. The van der Waals surface area contributed by atoms with Gasteiger partial charge in [0.1, 0.15) is 18.4 Å². The third-order valence-corrected chi connectivity index (χ3v) is 5.95. The molecule has 3 atom stereocenters. The maximum Gasteiger partial charge on any atom is 0.305 e. The Bertz CT molecular complexity index is 1090. The first-order valence-electron chi connectivity index (χ1n) is 11.3. The number of hydrogen-bond donors (Lipinski definition) is 3. The van der Waals surface area contributed by atoms with E-state index in [4.69, 9.17) is 5.11 Å². The minimum Gasteiger partial charge on any atom is -0.481 e. The maximum absolute atomic E-state index is 13.5. The molecule has 9 nitrogen and oxygen atoms in total. The highest BCUT2D eigenvalue weighted by Crippen LogP contribution is 2.24. The van der Waals surface area contributed by atoms with Gasteiger partial charge in [-0.05, 0) is 30.2 Å². The zero-order valence-corrected chi connectivity index (χ0v) is 19.4. The van der Waals surface area contributed by atoms with E-state index in [1.807, 2.05) is 44.2 Å². The molecule has 9 heteroatoms. The van der Waals surface area contributed by atoms with E-state index in [2.05, 4.69) is 22.2 Å². The summed E-state index contributed by atoms with van der Waals surface area (Å²) < 4.78 is 0. The quantitative estimate of drug-likeness (QED) is 0.457. The number of carboxylic acid groups (broad SMARTS) is 1. The van der Waals surface area contributed by atoms with Gasteiger partial charge in [0, 0.05) is 18.1 Å². The van der Waals surface area contributed by atoms with Gasteiger partial charge in [-0.3, -0.25) is 19.4 Å². The number of carbonyl (C=O) groups is 4. The second-order valence-corrected chi connectivity index (χ2v) is 8.76. The smallest absolute Gasteiger partial charge is 0.305 e. The summed E-state index contributed by atoms with van der Waals surface area (Å²) in [5.41, 5.74) is 1.15. The summed E-state index contributed by atoms with van der Waals surface area (Å²) in [6.07, 6.45) is 2.65. The highest BCUT2D eigenvalue weighted by atomic mass is 16.4. The number of aromatic nitrogens is 1. The van der Waals surface area contributed by atoms with Crippen molar-refractivity contribution in [3.8, 4) is 0 Å². The predicted octanol–water partition coefficient (Wildman–Crippen LogP) is 1.97. The van der Waals surface area contributed by atoms with Crippen molar-refractivity contribution in [3.05, 3.63) is 48.8 Å². The van der Waals surface area contributed by atoms with E-state index in [9.17, 15) is 19.2 Å². The van der Waals surface area contributed by atoms with Crippen LogP contribution in [0.4, 0.5) is 0 Å². The van der Waals surface area contributed by atoms with Gasteiger partial charge < -0.3 is 25.4 Å². The minimum absolute atomic E-state index is 0.113. The van der Waals surface area contributed by atoms with E-state index >= 15 is 0 Å². The van der Waals surface area contributed by atoms with Crippen molar-refractivity contribution in [1.29, 1.82) is 0 Å². The maximum atomic E-state index is 13.5. The number of benzene rings is 1. The standard InChI is InChI=1S/C25H30N4O5/c1-15(2)22(27-16(3)23-19-8-5-4-7-17(19)10-11-26-23)25(34)29-12-6-9-20(29)24(33)28-18(14-30)13-21(31)32/h4-5,7-8,10-11,14-15,18,20,22,27H,3,6,9,12-13H2,1-2H3,(H,28,33)(H,31,32)/t18-,20-,22-/m0/s1. The summed E-state index contributed by atoms with van der Waals surface area (Å²) in [6.45, 7) is 8.32. The van der Waals surface area contributed by atoms with Gasteiger partial charge in [-0.25, -0.2) is 0 Å². The van der Waals surface area contributed by atoms with Crippen LogP contribution in [-0.2, 0) is 19.2 Å². The van der Waals surface area contributed by atoms with Crippen LogP contribution in [0.25, 0.3) is 16.5 Å². The summed E-state index contributed by atoms with van der Waals surface area (Å²) in [5, 5.41) is 16.5. The average molecular weight is 467 g/mol. The van der Waals surface area contributed by atoms with E-state index in [-0.39, 0.29) is 11.8 Å². The molecule has 3 rings (SSSR count). The second kappa shape index (κ2) is 10.9. The molecular formula is C25H30N4O5. The number of carboxylic acids is 1. The summed E-state index contributed by atoms with van der Waals surface area (Å²) in [5.74, 6) is -2.09. The molecule has 0 spiro atoms. The number of nitrogens with one attached hydrogen (secondary N) is 2. The van der Waals surface area contributed by atoms with Gasteiger partial charge in [0.05, 0.1) is 23.9 Å². The average Bonchev–Trinajstić information content (AvgIpc) is 3.30. The zero-order chi connectivity index (χ0) is 24.8. The van der Waals surface area contributed by atoms with Crippen molar-refractivity contribution in [2.24, 2.45) is 5.92 Å². The largest absolute Gasteiger partial charge is 0.481 e. The fourth-order valence-electron chi connectivity index (χ4n) is 4.21. The topological polar surface area (TPSA) is 129 Å². The van der Waals surface area contributed by atoms with Crippen LogP contribution < -0.4 is 10.6 Å². The molecule has 2 heterocycles. The Labute approximate surface area is 198 Å². The predicted molar refractivity (Wildman–Crippen MR) is 128 cm³/mol. The van der Waals surface area contributed by atoms with Crippen LogP contribution in [0.2, 0.25) is 0 Å². The van der Waals surface area contributed by atoms with Gasteiger partial charge in [0.15, 0.2) is 0 Å². The first-order valence-corrected chi connectivity index (χ1v) is 11.3. The number of carbonyl (C=O) groups excluding carboxylic acids is 3. The van der Waals surface area contributed by atoms with Crippen molar-refractivity contribution < 1.29 is 24.3 Å². The summed E-state index contributed by atoms with van der Waals surface area (Å²) >= 11 is 0. The van der Waals surface area contributed by atoms with Crippen LogP contribution in [0.1, 0.15) is 38.8 Å². The number of aliphatic carboxylic acids is 1.